The Balaban J connectivity index is 2.42. The van der Waals surface area contributed by atoms with E-state index in [2.05, 4.69) is 26.0 Å². The van der Waals surface area contributed by atoms with Gasteiger partial charge in [-0.05, 0) is 37.2 Å². The van der Waals surface area contributed by atoms with Crippen LogP contribution in [-0.4, -0.2) is 26.7 Å². The Morgan fingerprint density at radius 1 is 1.44 bits per heavy atom. The molecule has 0 saturated carbocycles. The average molecular weight is 316 g/mol. The minimum atomic E-state index is -0.203. The molecular formula is C13H18BrNO3. The minimum absolute atomic E-state index is 0.203. The first-order valence-corrected chi connectivity index (χ1v) is 6.59. The number of benzene rings is 1. The van der Waals surface area contributed by atoms with Gasteiger partial charge in [0, 0.05) is 17.4 Å². The van der Waals surface area contributed by atoms with Gasteiger partial charge in [0.05, 0.1) is 13.7 Å². The summed E-state index contributed by atoms with van der Waals surface area (Å²) in [5.74, 6) is 0.610. The van der Waals surface area contributed by atoms with Crippen LogP contribution in [0, 0.1) is 0 Å². The predicted octanol–water partition coefficient (Wildman–Crippen LogP) is 2.50. The van der Waals surface area contributed by atoms with Gasteiger partial charge in [0.1, 0.15) is 5.75 Å². The third-order valence-electron chi connectivity index (χ3n) is 2.41. The number of hydrogen-bond acceptors (Lipinski definition) is 4. The van der Waals surface area contributed by atoms with E-state index in [1.165, 1.54) is 7.11 Å². The Labute approximate surface area is 116 Å². The van der Waals surface area contributed by atoms with Crippen LogP contribution in [0.2, 0.25) is 0 Å². The molecule has 0 spiro atoms. The highest BCUT2D eigenvalue weighted by molar-refractivity contribution is 9.10. The third kappa shape index (κ3) is 5.06. The average Bonchev–Trinajstić information content (AvgIpc) is 2.38. The fraction of sp³-hybridized carbons (Fsp3) is 0.462. The largest absolute Gasteiger partial charge is 0.494 e. The van der Waals surface area contributed by atoms with E-state index in [0.717, 1.165) is 22.3 Å². The maximum atomic E-state index is 10.9. The van der Waals surface area contributed by atoms with Crippen molar-refractivity contribution in [2.45, 2.75) is 19.4 Å². The number of carbonyl (C=O) groups is 1. The van der Waals surface area contributed by atoms with Crippen LogP contribution in [0.4, 0.5) is 0 Å². The summed E-state index contributed by atoms with van der Waals surface area (Å²) < 4.78 is 11.2. The lowest BCUT2D eigenvalue weighted by atomic mass is 10.2. The lowest BCUT2D eigenvalue weighted by molar-refractivity contribution is -0.140. The summed E-state index contributed by atoms with van der Waals surface area (Å²) in [6.07, 6.45) is 1.04. The van der Waals surface area contributed by atoms with Crippen LogP contribution in [0.25, 0.3) is 0 Å². The summed E-state index contributed by atoms with van der Waals surface area (Å²) in [6.45, 7) is 1.29. The van der Waals surface area contributed by atoms with Gasteiger partial charge in [-0.3, -0.25) is 4.79 Å². The number of rotatable bonds is 7. The molecule has 0 radical (unpaired) electrons. The number of nitrogens with one attached hydrogen (secondary N) is 1. The van der Waals surface area contributed by atoms with Gasteiger partial charge >= 0.3 is 5.97 Å². The Hall–Kier alpha value is -1.07. The van der Waals surface area contributed by atoms with Crippen LogP contribution < -0.4 is 10.1 Å². The fourth-order valence-electron chi connectivity index (χ4n) is 1.48. The molecule has 1 N–H and O–H groups in total. The number of halogens is 1. The van der Waals surface area contributed by atoms with Crippen LogP contribution in [-0.2, 0) is 16.1 Å². The molecule has 0 unspecified atom stereocenters. The molecule has 0 fully saturated rings. The first kappa shape index (κ1) is 15.0. The van der Waals surface area contributed by atoms with Crippen molar-refractivity contribution in [1.82, 2.24) is 5.32 Å². The zero-order chi connectivity index (χ0) is 13.4. The Bertz CT molecular complexity index is 396. The van der Waals surface area contributed by atoms with E-state index >= 15 is 0 Å². The second-order valence-electron chi connectivity index (χ2n) is 3.81. The van der Waals surface area contributed by atoms with Gasteiger partial charge in [-0.1, -0.05) is 15.9 Å². The van der Waals surface area contributed by atoms with Crippen molar-refractivity contribution in [3.63, 3.8) is 0 Å². The molecule has 100 valence electrons. The van der Waals surface area contributed by atoms with Crippen LogP contribution in [0.15, 0.2) is 22.7 Å². The molecule has 0 atom stereocenters. The number of esters is 1. The van der Waals surface area contributed by atoms with Gasteiger partial charge in [0.15, 0.2) is 0 Å². The maximum absolute atomic E-state index is 10.9. The van der Waals surface area contributed by atoms with Crippen LogP contribution in [0.3, 0.4) is 0 Å². The summed E-state index contributed by atoms with van der Waals surface area (Å²) in [6, 6.07) is 5.85. The van der Waals surface area contributed by atoms with E-state index in [1.807, 2.05) is 25.2 Å². The van der Waals surface area contributed by atoms with Crippen molar-refractivity contribution in [2.24, 2.45) is 0 Å². The number of methoxy groups -OCH3 is 1. The van der Waals surface area contributed by atoms with Crippen molar-refractivity contribution in [1.29, 1.82) is 0 Å². The topological polar surface area (TPSA) is 47.6 Å². The van der Waals surface area contributed by atoms with Gasteiger partial charge in [0.25, 0.3) is 0 Å². The van der Waals surface area contributed by atoms with E-state index in [9.17, 15) is 4.79 Å². The van der Waals surface area contributed by atoms with Crippen molar-refractivity contribution in [3.8, 4) is 5.75 Å². The maximum Gasteiger partial charge on any atom is 0.305 e. The smallest absolute Gasteiger partial charge is 0.305 e. The zero-order valence-electron chi connectivity index (χ0n) is 10.7. The van der Waals surface area contributed by atoms with Gasteiger partial charge in [-0.25, -0.2) is 0 Å². The molecule has 0 amide bonds. The molecule has 1 rings (SSSR count). The van der Waals surface area contributed by atoms with Gasteiger partial charge < -0.3 is 14.8 Å². The normalized spacial score (nSPS) is 10.2. The van der Waals surface area contributed by atoms with E-state index in [1.54, 1.807) is 0 Å². The number of hydrogen-bond donors (Lipinski definition) is 1. The lowest BCUT2D eigenvalue weighted by Crippen LogP contribution is -2.07. The summed E-state index contributed by atoms with van der Waals surface area (Å²) in [5.41, 5.74) is 1.14. The summed E-state index contributed by atoms with van der Waals surface area (Å²) in [5, 5.41) is 3.10. The Morgan fingerprint density at radius 2 is 2.22 bits per heavy atom. The Kier molecular flexibility index (Phi) is 6.75. The predicted molar refractivity (Wildman–Crippen MR) is 73.7 cm³/mol. The second kappa shape index (κ2) is 8.11. The van der Waals surface area contributed by atoms with E-state index in [-0.39, 0.29) is 5.97 Å². The molecule has 1 aromatic rings. The fourth-order valence-corrected chi connectivity index (χ4v) is 1.86. The van der Waals surface area contributed by atoms with Gasteiger partial charge in [-0.15, -0.1) is 0 Å². The number of ether oxygens (including phenoxy) is 2. The molecule has 0 aliphatic carbocycles. The van der Waals surface area contributed by atoms with Gasteiger partial charge in [0.2, 0.25) is 0 Å². The standard InChI is InChI=1S/C13H18BrNO3/c1-15-9-10-8-11(5-6-12(10)14)18-7-3-4-13(16)17-2/h5-6,8,15H,3-4,7,9H2,1-2H3. The van der Waals surface area contributed by atoms with E-state index in [4.69, 9.17) is 4.74 Å². The molecule has 0 saturated heterocycles. The molecule has 18 heavy (non-hydrogen) atoms. The quantitative estimate of drug-likeness (QED) is 0.620. The van der Waals surface area contributed by atoms with Gasteiger partial charge in [-0.2, -0.15) is 0 Å². The van der Waals surface area contributed by atoms with E-state index in [0.29, 0.717) is 19.4 Å². The Morgan fingerprint density at radius 3 is 2.89 bits per heavy atom. The molecule has 0 aromatic heterocycles. The molecule has 0 heterocycles. The molecule has 0 aliphatic rings. The highest BCUT2D eigenvalue weighted by atomic mass is 79.9. The van der Waals surface area contributed by atoms with Crippen LogP contribution >= 0.6 is 15.9 Å². The summed E-state index contributed by atoms with van der Waals surface area (Å²) in [7, 11) is 3.29. The van der Waals surface area contributed by atoms with Crippen molar-refractivity contribution >= 4 is 21.9 Å². The zero-order valence-corrected chi connectivity index (χ0v) is 12.2. The highest BCUT2D eigenvalue weighted by Gasteiger charge is 2.03. The molecule has 4 nitrogen and oxygen atoms in total. The van der Waals surface area contributed by atoms with E-state index < -0.39 is 0 Å². The first-order valence-electron chi connectivity index (χ1n) is 5.80. The number of carbonyl (C=O) groups excluding carboxylic acids is 1. The lowest BCUT2D eigenvalue weighted by Gasteiger charge is -2.09. The second-order valence-corrected chi connectivity index (χ2v) is 4.67. The van der Waals surface area contributed by atoms with Crippen molar-refractivity contribution in [2.75, 3.05) is 20.8 Å². The van der Waals surface area contributed by atoms with Crippen LogP contribution in [0.1, 0.15) is 18.4 Å². The highest BCUT2D eigenvalue weighted by Crippen LogP contribution is 2.22. The molecular weight excluding hydrogens is 298 g/mol. The summed E-state index contributed by atoms with van der Waals surface area (Å²) in [4.78, 5) is 10.9. The van der Waals surface area contributed by atoms with Crippen LogP contribution in [0.5, 0.6) is 5.75 Å². The monoisotopic (exact) mass is 315 g/mol. The third-order valence-corrected chi connectivity index (χ3v) is 3.18. The first-order chi connectivity index (χ1) is 8.67. The summed E-state index contributed by atoms with van der Waals surface area (Å²) >= 11 is 3.48. The van der Waals surface area contributed by atoms with Crippen molar-refractivity contribution in [3.05, 3.63) is 28.2 Å². The molecule has 0 aliphatic heterocycles. The minimum Gasteiger partial charge on any atom is -0.494 e. The SMILES string of the molecule is CNCc1cc(OCCCC(=O)OC)ccc1Br. The van der Waals surface area contributed by atoms with Crippen molar-refractivity contribution < 1.29 is 14.3 Å². The molecule has 1 aromatic carbocycles. The molecule has 0 bridgehead atoms. The molecule has 5 heteroatoms.